The minimum Gasteiger partial charge on any atom is -0.493 e. The van der Waals surface area contributed by atoms with Gasteiger partial charge in [0.05, 0.1) is 13.2 Å². The third-order valence-corrected chi connectivity index (χ3v) is 6.53. The number of carbonyl (C=O) groups is 1. The molecule has 1 aromatic heterocycles. The third kappa shape index (κ3) is 4.29. The molecule has 168 valence electrons. The fourth-order valence-corrected chi connectivity index (χ4v) is 4.80. The standard InChI is InChI=1S/C25H27FN2O4/c1-30-22-8-6-15(11-23(22)31-19-4-2-3-5-19)17-10-16(25(29)27-14-17)12-24-28-20-13-18(26)7-9-21(20)32-24/h6-9,11,13,16-17,19H,2-5,10,12,14H2,1H3,(H,27,29)/t16-,17+/m0/s1. The van der Waals surface area contributed by atoms with Gasteiger partial charge in [0.25, 0.3) is 0 Å². The molecule has 1 saturated heterocycles. The van der Waals surface area contributed by atoms with Gasteiger partial charge in [0.1, 0.15) is 11.3 Å². The average Bonchev–Trinajstić information content (AvgIpc) is 3.44. The van der Waals surface area contributed by atoms with Gasteiger partial charge in [0, 0.05) is 30.9 Å². The Morgan fingerprint density at radius 1 is 1.16 bits per heavy atom. The van der Waals surface area contributed by atoms with E-state index in [1.54, 1.807) is 13.2 Å². The van der Waals surface area contributed by atoms with Crippen LogP contribution in [-0.4, -0.2) is 30.6 Å². The maximum atomic E-state index is 13.5. The molecule has 2 fully saturated rings. The first-order valence-corrected chi connectivity index (χ1v) is 11.3. The number of ether oxygens (including phenoxy) is 2. The number of amides is 1. The maximum Gasteiger partial charge on any atom is 0.223 e. The molecule has 1 aliphatic carbocycles. The van der Waals surface area contributed by atoms with E-state index in [9.17, 15) is 9.18 Å². The van der Waals surface area contributed by atoms with Crippen LogP contribution < -0.4 is 14.8 Å². The van der Waals surface area contributed by atoms with Gasteiger partial charge in [0.15, 0.2) is 23.0 Å². The summed E-state index contributed by atoms with van der Waals surface area (Å²) in [5, 5.41) is 3.02. The second kappa shape index (κ2) is 8.81. The summed E-state index contributed by atoms with van der Waals surface area (Å²) in [6.07, 6.45) is 5.83. The third-order valence-electron chi connectivity index (χ3n) is 6.53. The topological polar surface area (TPSA) is 73.6 Å². The Labute approximate surface area is 186 Å². The molecular weight excluding hydrogens is 411 g/mol. The predicted octanol–water partition coefficient (Wildman–Crippen LogP) is 4.76. The lowest BCUT2D eigenvalue weighted by atomic mass is 9.83. The number of benzene rings is 2. The van der Waals surface area contributed by atoms with Gasteiger partial charge in [-0.2, -0.15) is 0 Å². The fourth-order valence-electron chi connectivity index (χ4n) is 4.80. The number of nitrogens with zero attached hydrogens (tertiary/aromatic N) is 1. The van der Waals surface area contributed by atoms with Crippen LogP contribution in [0.4, 0.5) is 4.39 Å². The number of rotatable bonds is 6. The minimum atomic E-state index is -0.358. The lowest BCUT2D eigenvalue weighted by molar-refractivity contribution is -0.127. The molecule has 0 radical (unpaired) electrons. The maximum absolute atomic E-state index is 13.5. The van der Waals surface area contributed by atoms with Crippen molar-refractivity contribution in [3.8, 4) is 11.5 Å². The number of aromatic nitrogens is 1. The predicted molar refractivity (Wildman–Crippen MR) is 117 cm³/mol. The van der Waals surface area contributed by atoms with Crippen LogP contribution in [0.25, 0.3) is 11.1 Å². The summed E-state index contributed by atoms with van der Waals surface area (Å²) < 4.78 is 31.0. The van der Waals surface area contributed by atoms with Crippen LogP contribution in [0.2, 0.25) is 0 Å². The van der Waals surface area contributed by atoms with Gasteiger partial charge >= 0.3 is 0 Å². The van der Waals surface area contributed by atoms with E-state index in [-0.39, 0.29) is 29.7 Å². The van der Waals surface area contributed by atoms with Gasteiger partial charge in [0.2, 0.25) is 5.91 Å². The van der Waals surface area contributed by atoms with Crippen LogP contribution in [0, 0.1) is 11.7 Å². The Morgan fingerprint density at radius 3 is 2.81 bits per heavy atom. The van der Waals surface area contributed by atoms with Crippen LogP contribution in [0.15, 0.2) is 40.8 Å². The average molecular weight is 438 g/mol. The molecule has 0 unspecified atom stereocenters. The van der Waals surface area contributed by atoms with E-state index in [0.29, 0.717) is 36.4 Å². The van der Waals surface area contributed by atoms with Crippen molar-refractivity contribution in [2.45, 2.75) is 50.5 Å². The smallest absolute Gasteiger partial charge is 0.223 e. The highest BCUT2D eigenvalue weighted by atomic mass is 19.1. The summed E-state index contributed by atoms with van der Waals surface area (Å²) in [5.74, 6) is 1.46. The lowest BCUT2D eigenvalue weighted by Gasteiger charge is -2.29. The van der Waals surface area contributed by atoms with Gasteiger partial charge in [-0.05, 0) is 61.9 Å². The normalized spacial score (nSPS) is 21.6. The molecule has 0 bridgehead atoms. The van der Waals surface area contributed by atoms with Crippen molar-refractivity contribution in [3.63, 3.8) is 0 Å². The van der Waals surface area contributed by atoms with E-state index in [2.05, 4.69) is 16.4 Å². The Hall–Kier alpha value is -3.09. The van der Waals surface area contributed by atoms with E-state index >= 15 is 0 Å². The molecule has 2 aromatic carbocycles. The molecule has 1 saturated carbocycles. The highest BCUT2D eigenvalue weighted by molar-refractivity contribution is 5.80. The minimum absolute atomic E-state index is 0.00868. The van der Waals surface area contributed by atoms with Crippen molar-refractivity contribution < 1.29 is 23.1 Å². The molecule has 1 aliphatic heterocycles. The quantitative estimate of drug-likeness (QED) is 0.601. The number of hydrogen-bond acceptors (Lipinski definition) is 5. The molecule has 7 heteroatoms. The molecule has 3 aromatic rings. The Balaban J connectivity index is 1.33. The second-order valence-electron chi connectivity index (χ2n) is 8.73. The number of carbonyl (C=O) groups excluding carboxylic acids is 1. The fraction of sp³-hybridized carbons (Fsp3) is 0.440. The van der Waals surface area contributed by atoms with Crippen LogP contribution in [0.1, 0.15) is 49.5 Å². The van der Waals surface area contributed by atoms with Gasteiger partial charge in [-0.3, -0.25) is 4.79 Å². The number of nitrogens with one attached hydrogen (secondary N) is 1. The van der Waals surface area contributed by atoms with Crippen molar-refractivity contribution in [3.05, 3.63) is 53.7 Å². The molecule has 1 N–H and O–H groups in total. The van der Waals surface area contributed by atoms with Crippen LogP contribution >= 0.6 is 0 Å². The number of oxazole rings is 1. The molecule has 1 amide bonds. The number of fused-ring (bicyclic) bond motifs is 1. The van der Waals surface area contributed by atoms with Crippen molar-refractivity contribution in [2.24, 2.45) is 5.92 Å². The molecular formula is C25H27FN2O4. The summed E-state index contributed by atoms with van der Waals surface area (Å²) in [7, 11) is 1.65. The molecule has 0 spiro atoms. The van der Waals surface area contributed by atoms with E-state index in [1.165, 1.54) is 25.0 Å². The van der Waals surface area contributed by atoms with Crippen molar-refractivity contribution in [2.75, 3.05) is 13.7 Å². The zero-order valence-electron chi connectivity index (χ0n) is 18.1. The lowest BCUT2D eigenvalue weighted by Crippen LogP contribution is -2.41. The Morgan fingerprint density at radius 2 is 2.00 bits per heavy atom. The van der Waals surface area contributed by atoms with Gasteiger partial charge in [-0.15, -0.1) is 0 Å². The van der Waals surface area contributed by atoms with Crippen LogP contribution in [-0.2, 0) is 11.2 Å². The summed E-state index contributed by atoms with van der Waals surface area (Å²) in [6, 6.07) is 10.3. The van der Waals surface area contributed by atoms with E-state index in [1.807, 2.05) is 12.1 Å². The summed E-state index contributed by atoms with van der Waals surface area (Å²) in [5.41, 5.74) is 2.11. The largest absolute Gasteiger partial charge is 0.493 e. The van der Waals surface area contributed by atoms with Gasteiger partial charge in [-0.1, -0.05) is 6.07 Å². The van der Waals surface area contributed by atoms with Crippen molar-refractivity contribution in [1.82, 2.24) is 10.3 Å². The summed E-state index contributed by atoms with van der Waals surface area (Å²) in [6.45, 7) is 0.573. The first-order valence-electron chi connectivity index (χ1n) is 11.3. The van der Waals surface area contributed by atoms with Crippen molar-refractivity contribution in [1.29, 1.82) is 0 Å². The second-order valence-corrected chi connectivity index (χ2v) is 8.73. The zero-order chi connectivity index (χ0) is 22.1. The Kier molecular flexibility index (Phi) is 5.72. The van der Waals surface area contributed by atoms with Crippen LogP contribution in [0.5, 0.6) is 11.5 Å². The first-order chi connectivity index (χ1) is 15.6. The SMILES string of the molecule is COc1ccc([C@H]2CNC(=O)[C@H](Cc3nc4cc(F)ccc4o3)C2)cc1OC1CCCC1. The number of methoxy groups -OCH3 is 1. The molecule has 2 heterocycles. The van der Waals surface area contributed by atoms with E-state index in [0.717, 1.165) is 29.9 Å². The summed E-state index contributed by atoms with van der Waals surface area (Å²) in [4.78, 5) is 16.9. The van der Waals surface area contributed by atoms with Crippen LogP contribution in [0.3, 0.4) is 0 Å². The van der Waals surface area contributed by atoms with E-state index in [4.69, 9.17) is 13.9 Å². The Bertz CT molecular complexity index is 1120. The van der Waals surface area contributed by atoms with Gasteiger partial charge < -0.3 is 19.2 Å². The van der Waals surface area contributed by atoms with E-state index < -0.39 is 0 Å². The monoisotopic (exact) mass is 438 g/mol. The molecule has 2 atom stereocenters. The molecule has 2 aliphatic rings. The molecule has 5 rings (SSSR count). The zero-order valence-corrected chi connectivity index (χ0v) is 18.1. The van der Waals surface area contributed by atoms with Crippen molar-refractivity contribution >= 4 is 17.0 Å². The van der Waals surface area contributed by atoms with Gasteiger partial charge in [-0.25, -0.2) is 9.37 Å². The number of piperidine rings is 1. The molecule has 32 heavy (non-hydrogen) atoms. The summed E-state index contributed by atoms with van der Waals surface area (Å²) >= 11 is 0. The molecule has 6 nitrogen and oxygen atoms in total. The number of hydrogen-bond donors (Lipinski definition) is 1. The highest BCUT2D eigenvalue weighted by Gasteiger charge is 2.31. The highest BCUT2D eigenvalue weighted by Crippen LogP contribution is 2.37. The first kappa shape index (κ1) is 20.8. The number of halogens is 1.